The number of carboxylic acids is 1. The maximum Gasteiger partial charge on any atom is 0.352 e. The molecule has 14 heteroatoms. The van der Waals surface area contributed by atoms with Crippen molar-refractivity contribution in [2.24, 2.45) is 5.16 Å². The molecule has 0 radical (unpaired) electrons. The molecule has 1 unspecified atom stereocenters. The summed E-state index contributed by atoms with van der Waals surface area (Å²) in [4.78, 5) is 48.1. The lowest BCUT2D eigenvalue weighted by Crippen LogP contribution is -2.71. The quantitative estimate of drug-likeness (QED) is 0.177. The van der Waals surface area contributed by atoms with Gasteiger partial charge in [-0.2, -0.15) is 4.57 Å². The Morgan fingerprint density at radius 2 is 2.23 bits per heavy atom. The van der Waals surface area contributed by atoms with Crippen molar-refractivity contribution in [2.45, 2.75) is 18.0 Å². The molecule has 3 aromatic rings. The van der Waals surface area contributed by atoms with Crippen molar-refractivity contribution < 1.29 is 28.9 Å². The molecule has 3 aromatic heterocycles. The van der Waals surface area contributed by atoms with E-state index in [1.165, 1.54) is 23.8 Å². The number of hydrogen-bond acceptors (Lipinski definition) is 10. The van der Waals surface area contributed by atoms with Crippen LogP contribution in [0.5, 0.6) is 0 Å². The Kier molecular flexibility index (Phi) is 6.17. The number of carbonyl (C=O) groups excluding carboxylic acids is 2. The molecule has 180 valence electrons. The molecule has 11 nitrogen and oxygen atoms in total. The summed E-state index contributed by atoms with van der Waals surface area (Å²) >= 11 is 4.14. The van der Waals surface area contributed by atoms with Crippen LogP contribution in [0.2, 0.25) is 0 Å². The van der Waals surface area contributed by atoms with Crippen molar-refractivity contribution in [3.05, 3.63) is 52.3 Å². The van der Waals surface area contributed by atoms with Gasteiger partial charge in [-0.3, -0.25) is 14.5 Å². The van der Waals surface area contributed by atoms with E-state index in [0.29, 0.717) is 17.9 Å². The van der Waals surface area contributed by atoms with E-state index in [1.54, 1.807) is 16.7 Å². The highest BCUT2D eigenvalue weighted by molar-refractivity contribution is 8.00. The third-order valence-corrected chi connectivity index (χ3v) is 8.41. The number of thiazole rings is 1. The molecule has 1 saturated heterocycles. The maximum absolute atomic E-state index is 13.0. The fourth-order valence-electron chi connectivity index (χ4n) is 3.97. The molecule has 4 N–H and O–H groups in total. The Morgan fingerprint density at radius 1 is 1.40 bits per heavy atom. The zero-order chi connectivity index (χ0) is 24.7. The van der Waals surface area contributed by atoms with Gasteiger partial charge in [0.25, 0.3) is 11.8 Å². The summed E-state index contributed by atoms with van der Waals surface area (Å²) in [6.07, 6.45) is 3.85. The highest BCUT2D eigenvalue weighted by Gasteiger charge is 2.54. The molecule has 0 aliphatic carbocycles. The van der Waals surface area contributed by atoms with Crippen molar-refractivity contribution >= 4 is 73.1 Å². The van der Waals surface area contributed by atoms with Crippen LogP contribution in [0.1, 0.15) is 5.69 Å². The molecule has 0 bridgehead atoms. The Morgan fingerprint density at radius 3 is 2.94 bits per heavy atom. The SMILES string of the molecule is CON=C(C(=O)NC1C(=O)N2C(C(=O)O)=C(C[n+]3ccc4ccsc4c3)CS[C@@H]12)c1csc(N)n1. The zero-order valence-corrected chi connectivity index (χ0v) is 20.7. The molecule has 5 rings (SSSR count). The Balaban J connectivity index is 1.36. The average Bonchev–Trinajstić information content (AvgIpc) is 3.48. The van der Waals surface area contributed by atoms with Crippen molar-refractivity contribution in [3.63, 3.8) is 0 Å². The van der Waals surface area contributed by atoms with Gasteiger partial charge in [0.05, 0.1) is 4.70 Å². The van der Waals surface area contributed by atoms with Gasteiger partial charge in [-0.1, -0.05) is 5.16 Å². The zero-order valence-electron chi connectivity index (χ0n) is 18.2. The van der Waals surface area contributed by atoms with Crippen LogP contribution in [0, 0.1) is 0 Å². The number of carboxylic acid groups (broad SMARTS) is 1. The number of aromatic nitrogens is 2. The number of rotatable bonds is 7. The molecule has 0 spiro atoms. The molecule has 2 aliphatic rings. The fourth-order valence-corrected chi connectivity index (χ4v) is 6.68. The van der Waals surface area contributed by atoms with E-state index in [4.69, 9.17) is 10.6 Å². The summed E-state index contributed by atoms with van der Waals surface area (Å²) in [5, 5.41) is 20.7. The number of anilines is 1. The van der Waals surface area contributed by atoms with Crippen LogP contribution in [-0.2, 0) is 25.8 Å². The first-order valence-corrected chi connectivity index (χ1v) is 13.1. The van der Waals surface area contributed by atoms with E-state index < -0.39 is 29.2 Å². The predicted molar refractivity (Wildman–Crippen MR) is 132 cm³/mol. The third-order valence-electron chi connectivity index (χ3n) is 5.53. The van der Waals surface area contributed by atoms with E-state index in [-0.39, 0.29) is 22.2 Å². The van der Waals surface area contributed by atoms with Crippen LogP contribution >= 0.6 is 34.4 Å². The summed E-state index contributed by atoms with van der Waals surface area (Å²) in [7, 11) is 1.29. The molecule has 2 aliphatic heterocycles. The number of nitrogens with zero attached hydrogens (tertiary/aromatic N) is 4. The van der Waals surface area contributed by atoms with E-state index in [1.807, 2.05) is 34.5 Å². The molecule has 0 saturated carbocycles. The highest BCUT2D eigenvalue weighted by atomic mass is 32.2. The van der Waals surface area contributed by atoms with Crippen molar-refractivity contribution in [1.29, 1.82) is 0 Å². The lowest BCUT2D eigenvalue weighted by atomic mass is 10.0. The van der Waals surface area contributed by atoms with E-state index in [0.717, 1.165) is 21.4 Å². The van der Waals surface area contributed by atoms with Gasteiger partial charge in [0.2, 0.25) is 0 Å². The Labute approximate surface area is 210 Å². The van der Waals surface area contributed by atoms with Gasteiger partial charge in [-0.05, 0) is 11.4 Å². The minimum absolute atomic E-state index is 0.0407. The van der Waals surface area contributed by atoms with E-state index in [2.05, 4.69) is 15.5 Å². The second-order valence-electron chi connectivity index (χ2n) is 7.67. The first-order chi connectivity index (χ1) is 16.9. The molecular formula is C21H19N6O5S3+. The maximum atomic E-state index is 13.0. The monoisotopic (exact) mass is 531 g/mol. The molecule has 2 amide bonds. The van der Waals surface area contributed by atoms with Crippen molar-refractivity contribution in [2.75, 3.05) is 18.6 Å². The summed E-state index contributed by atoms with van der Waals surface area (Å²) in [5.41, 5.74) is 6.33. The standard InChI is InChI=1S/C21H18N6O5S3/c1-32-25-14(12-9-35-21(22)23-12)17(28)24-15-18(29)27-16(20(30)31)11(8-34-19(15)27)6-26-4-2-10-3-5-33-13(10)7-26/h2-5,7,9,15,19H,6,8H2,1H3,(H3-,22,23,24,28,30,31)/p+1/t15?,19-/m0/s1. The van der Waals surface area contributed by atoms with Crippen molar-refractivity contribution in [3.8, 4) is 0 Å². The van der Waals surface area contributed by atoms with Gasteiger partial charge >= 0.3 is 5.97 Å². The first-order valence-electron chi connectivity index (χ1n) is 10.3. The average molecular weight is 532 g/mol. The van der Waals surface area contributed by atoms with Gasteiger partial charge in [-0.25, -0.2) is 9.78 Å². The van der Waals surface area contributed by atoms with E-state index in [9.17, 15) is 19.5 Å². The first kappa shape index (κ1) is 23.3. The third kappa shape index (κ3) is 4.24. The molecule has 35 heavy (non-hydrogen) atoms. The number of thiophene rings is 1. The van der Waals surface area contributed by atoms with Crippen LogP contribution in [0.4, 0.5) is 5.13 Å². The number of nitrogens with one attached hydrogen (secondary N) is 1. The second-order valence-corrected chi connectivity index (χ2v) is 10.6. The number of amides is 2. The number of aliphatic carboxylic acids is 1. The summed E-state index contributed by atoms with van der Waals surface area (Å²) in [6.45, 7) is 0.339. The number of fused-ring (bicyclic) bond motifs is 2. The molecule has 1 fully saturated rings. The van der Waals surface area contributed by atoms with Gasteiger partial charge in [0.15, 0.2) is 29.8 Å². The number of pyridine rings is 1. The molecule has 2 atom stereocenters. The number of nitrogens with two attached hydrogens (primary N) is 1. The largest absolute Gasteiger partial charge is 0.477 e. The normalized spacial score (nSPS) is 20.0. The van der Waals surface area contributed by atoms with Crippen LogP contribution in [-0.4, -0.2) is 62.8 Å². The Bertz CT molecular complexity index is 1410. The smallest absolute Gasteiger partial charge is 0.352 e. The highest BCUT2D eigenvalue weighted by Crippen LogP contribution is 2.40. The summed E-state index contributed by atoms with van der Waals surface area (Å²) < 4.78 is 3.00. The second kappa shape index (κ2) is 9.28. The Hall–Kier alpha value is -3.49. The van der Waals surface area contributed by atoms with Gasteiger partial charge in [0, 0.05) is 28.2 Å². The molecular weight excluding hydrogens is 512 g/mol. The lowest BCUT2D eigenvalue weighted by molar-refractivity contribution is -0.687. The predicted octanol–water partition coefficient (Wildman–Crippen LogP) is 1.02. The molecule has 0 aromatic carbocycles. The van der Waals surface area contributed by atoms with Crippen molar-refractivity contribution in [1.82, 2.24) is 15.2 Å². The number of nitrogen functional groups attached to an aromatic ring is 1. The van der Waals surface area contributed by atoms with Crippen LogP contribution in [0.25, 0.3) is 10.1 Å². The van der Waals surface area contributed by atoms with E-state index >= 15 is 0 Å². The minimum atomic E-state index is -1.18. The van der Waals surface area contributed by atoms with Crippen LogP contribution < -0.4 is 15.6 Å². The number of hydrogen-bond donors (Lipinski definition) is 3. The minimum Gasteiger partial charge on any atom is -0.477 e. The summed E-state index contributed by atoms with van der Waals surface area (Å²) in [6, 6.07) is 3.09. The van der Waals surface area contributed by atoms with Crippen LogP contribution in [0.15, 0.2) is 51.7 Å². The number of β-lactam (4-membered cyclic amide) rings is 1. The number of oxime groups is 1. The number of thioether (sulfide) groups is 1. The topological polar surface area (TPSA) is 151 Å². The molecule has 5 heterocycles. The van der Waals surface area contributed by atoms with Crippen LogP contribution in [0.3, 0.4) is 0 Å². The fraction of sp³-hybridized carbons (Fsp3) is 0.238. The summed E-state index contributed by atoms with van der Waals surface area (Å²) in [5.74, 6) is -1.94. The number of carbonyl (C=O) groups is 3. The lowest BCUT2D eigenvalue weighted by Gasteiger charge is -2.49. The van der Waals surface area contributed by atoms with Gasteiger partial charge < -0.3 is 21.0 Å². The van der Waals surface area contributed by atoms with Gasteiger partial charge in [0.1, 0.15) is 29.9 Å². The van der Waals surface area contributed by atoms with Gasteiger partial charge in [-0.15, -0.1) is 34.4 Å².